The van der Waals surface area contributed by atoms with Crippen molar-refractivity contribution in [3.63, 3.8) is 0 Å². The largest absolute Gasteiger partial charge is 0.410 e. The molecule has 2 nitrogen and oxygen atoms in total. The maximum atomic E-state index is 12.8. The first-order valence-electron chi connectivity index (χ1n) is 3.94. The van der Waals surface area contributed by atoms with E-state index in [9.17, 15) is 4.39 Å². The van der Waals surface area contributed by atoms with E-state index in [4.69, 9.17) is 16.8 Å². The summed E-state index contributed by atoms with van der Waals surface area (Å²) in [5.41, 5.74) is 0.558. The number of hydrogen-bond acceptors (Lipinski definition) is 3. The summed E-state index contributed by atoms with van der Waals surface area (Å²) in [5, 5.41) is 12.2. The summed E-state index contributed by atoms with van der Waals surface area (Å²) in [7, 11) is 0. The molecule has 0 aromatic heterocycles. The molecule has 76 valence electrons. The van der Waals surface area contributed by atoms with Crippen LogP contribution in [-0.4, -0.2) is 21.9 Å². The minimum Gasteiger partial charge on any atom is -0.410 e. The molecule has 0 spiro atoms. The van der Waals surface area contributed by atoms with Crippen molar-refractivity contribution in [1.82, 2.24) is 0 Å². The monoisotopic (exact) mass is 233 g/mol. The smallest absolute Gasteiger partial charge is 0.143 e. The maximum absolute atomic E-state index is 12.8. The number of benzene rings is 1. The van der Waals surface area contributed by atoms with Gasteiger partial charge in [-0.25, -0.2) is 4.39 Å². The van der Waals surface area contributed by atoms with Gasteiger partial charge in [0.25, 0.3) is 0 Å². The number of nitrogens with zero attached hydrogens (tertiary/aromatic N) is 1. The van der Waals surface area contributed by atoms with Crippen molar-refractivity contribution in [3.05, 3.63) is 35.6 Å². The molecular formula is C9H9ClFNOS. The highest BCUT2D eigenvalue weighted by Crippen LogP contribution is 2.14. The third kappa shape index (κ3) is 3.20. The fourth-order valence-corrected chi connectivity index (χ4v) is 1.78. The van der Waals surface area contributed by atoms with Crippen LogP contribution in [0.15, 0.2) is 29.4 Å². The zero-order valence-electron chi connectivity index (χ0n) is 7.28. The molecule has 0 amide bonds. The van der Waals surface area contributed by atoms with Crippen LogP contribution in [0.2, 0.25) is 0 Å². The molecule has 0 aliphatic carbocycles. The molecule has 5 heteroatoms. The molecule has 1 N–H and O–H groups in total. The number of hydrogen-bond donors (Lipinski definition) is 1. The molecule has 0 saturated carbocycles. The van der Waals surface area contributed by atoms with Gasteiger partial charge in [-0.3, -0.25) is 0 Å². The summed E-state index contributed by atoms with van der Waals surface area (Å²) in [6.45, 7) is 0. The SMILES string of the molecule is ON=C(SCCCl)c1cccc(F)c1. The second kappa shape index (κ2) is 5.88. The third-order valence-corrected chi connectivity index (χ3v) is 2.89. The molecule has 14 heavy (non-hydrogen) atoms. The van der Waals surface area contributed by atoms with Gasteiger partial charge in [-0.1, -0.05) is 17.3 Å². The predicted octanol–water partition coefficient (Wildman–Crippen LogP) is 2.93. The molecule has 1 aromatic rings. The molecule has 0 heterocycles. The first-order valence-corrected chi connectivity index (χ1v) is 5.46. The lowest BCUT2D eigenvalue weighted by Crippen LogP contribution is -1.98. The molecule has 1 rings (SSSR count). The van der Waals surface area contributed by atoms with Gasteiger partial charge in [0, 0.05) is 17.2 Å². The maximum Gasteiger partial charge on any atom is 0.143 e. The minimum atomic E-state index is -0.352. The van der Waals surface area contributed by atoms with Gasteiger partial charge in [0.1, 0.15) is 10.9 Å². The van der Waals surface area contributed by atoms with Gasteiger partial charge in [-0.05, 0) is 12.1 Å². The average molecular weight is 234 g/mol. The van der Waals surface area contributed by atoms with Gasteiger partial charge in [0.05, 0.1) is 0 Å². The second-order valence-electron chi connectivity index (χ2n) is 2.45. The van der Waals surface area contributed by atoms with E-state index in [0.29, 0.717) is 22.2 Å². The van der Waals surface area contributed by atoms with Gasteiger partial charge in [-0.15, -0.1) is 23.4 Å². The van der Waals surface area contributed by atoms with E-state index in [2.05, 4.69) is 5.16 Å². The topological polar surface area (TPSA) is 32.6 Å². The molecule has 0 radical (unpaired) electrons. The summed E-state index contributed by atoms with van der Waals surface area (Å²) in [5.74, 6) is 0.728. The Kier molecular flexibility index (Phi) is 4.76. The highest BCUT2D eigenvalue weighted by atomic mass is 35.5. The Morgan fingerprint density at radius 2 is 2.36 bits per heavy atom. The molecule has 0 unspecified atom stereocenters. The second-order valence-corrected chi connectivity index (χ2v) is 3.91. The van der Waals surface area contributed by atoms with E-state index in [0.717, 1.165) is 0 Å². The van der Waals surface area contributed by atoms with Crippen molar-refractivity contribution in [2.75, 3.05) is 11.6 Å². The lowest BCUT2D eigenvalue weighted by molar-refractivity contribution is 0.321. The summed E-state index contributed by atoms with van der Waals surface area (Å²) in [6, 6.07) is 5.90. The standard InChI is InChI=1S/C9H9ClFNOS/c10-4-5-14-9(12-13)7-2-1-3-8(11)6-7/h1-3,6,13H,4-5H2. The normalized spacial score (nSPS) is 11.7. The number of alkyl halides is 1. The molecule has 0 fully saturated rings. The fraction of sp³-hybridized carbons (Fsp3) is 0.222. The molecule has 0 bridgehead atoms. The van der Waals surface area contributed by atoms with Crippen LogP contribution in [0.4, 0.5) is 4.39 Å². The molecule has 1 aromatic carbocycles. The van der Waals surface area contributed by atoms with Crippen LogP contribution in [0.5, 0.6) is 0 Å². The Bertz CT molecular complexity index is 332. The Labute approximate surface area is 90.8 Å². The van der Waals surface area contributed by atoms with Crippen molar-refractivity contribution in [1.29, 1.82) is 0 Å². The number of rotatable bonds is 3. The highest BCUT2D eigenvalue weighted by molar-refractivity contribution is 8.14. The van der Waals surface area contributed by atoms with Crippen LogP contribution in [0, 0.1) is 5.82 Å². The average Bonchev–Trinajstić information content (AvgIpc) is 2.19. The minimum absolute atomic E-state index is 0.352. The van der Waals surface area contributed by atoms with Crippen LogP contribution in [0.1, 0.15) is 5.56 Å². The zero-order valence-corrected chi connectivity index (χ0v) is 8.85. The fourth-order valence-electron chi connectivity index (χ4n) is 0.927. The summed E-state index contributed by atoms with van der Waals surface area (Å²) < 4.78 is 12.8. The van der Waals surface area contributed by atoms with Gasteiger partial charge in [0.15, 0.2) is 0 Å². The highest BCUT2D eigenvalue weighted by Gasteiger charge is 2.05. The van der Waals surface area contributed by atoms with Crippen LogP contribution in [-0.2, 0) is 0 Å². The van der Waals surface area contributed by atoms with Crippen LogP contribution < -0.4 is 0 Å². The van der Waals surface area contributed by atoms with Crippen molar-refractivity contribution in [3.8, 4) is 0 Å². The molecular weight excluding hydrogens is 225 g/mol. The van der Waals surface area contributed by atoms with E-state index >= 15 is 0 Å². The quantitative estimate of drug-likeness (QED) is 0.286. The van der Waals surface area contributed by atoms with E-state index < -0.39 is 0 Å². The van der Waals surface area contributed by atoms with Gasteiger partial charge in [-0.2, -0.15) is 0 Å². The number of thioether (sulfide) groups is 1. The van der Waals surface area contributed by atoms with E-state index in [1.807, 2.05) is 0 Å². The zero-order chi connectivity index (χ0) is 10.4. The Morgan fingerprint density at radius 3 is 2.93 bits per heavy atom. The summed E-state index contributed by atoms with van der Waals surface area (Å²) in [6.07, 6.45) is 0. The van der Waals surface area contributed by atoms with Crippen molar-refractivity contribution < 1.29 is 9.60 Å². The first-order chi connectivity index (χ1) is 6.77. The number of oxime groups is 1. The first kappa shape index (κ1) is 11.3. The van der Waals surface area contributed by atoms with Crippen LogP contribution in [0.3, 0.4) is 0 Å². The molecule has 0 atom stereocenters. The Balaban J connectivity index is 2.79. The molecule has 0 saturated heterocycles. The van der Waals surface area contributed by atoms with E-state index in [1.165, 1.54) is 23.9 Å². The Morgan fingerprint density at radius 1 is 1.57 bits per heavy atom. The van der Waals surface area contributed by atoms with Crippen molar-refractivity contribution in [2.45, 2.75) is 0 Å². The van der Waals surface area contributed by atoms with Gasteiger partial charge in [0.2, 0.25) is 0 Å². The summed E-state index contributed by atoms with van der Waals surface area (Å²) >= 11 is 6.77. The van der Waals surface area contributed by atoms with Gasteiger partial charge < -0.3 is 5.21 Å². The van der Waals surface area contributed by atoms with Gasteiger partial charge >= 0.3 is 0 Å². The van der Waals surface area contributed by atoms with Crippen molar-refractivity contribution in [2.24, 2.45) is 5.16 Å². The summed E-state index contributed by atoms with van der Waals surface area (Å²) in [4.78, 5) is 0. The molecule has 0 aliphatic rings. The molecule has 0 aliphatic heterocycles. The van der Waals surface area contributed by atoms with E-state index in [1.54, 1.807) is 12.1 Å². The van der Waals surface area contributed by atoms with Crippen molar-refractivity contribution >= 4 is 28.4 Å². The third-order valence-electron chi connectivity index (χ3n) is 1.48. The van der Waals surface area contributed by atoms with E-state index in [-0.39, 0.29) is 5.82 Å². The Hall–Kier alpha value is -0.740. The van der Waals surface area contributed by atoms with Crippen LogP contribution in [0.25, 0.3) is 0 Å². The van der Waals surface area contributed by atoms with Crippen LogP contribution >= 0.6 is 23.4 Å². The predicted molar refractivity (Wildman–Crippen MR) is 57.9 cm³/mol. The number of halogens is 2. The lowest BCUT2D eigenvalue weighted by Gasteiger charge is -2.02. The lowest BCUT2D eigenvalue weighted by atomic mass is 10.2.